The lowest BCUT2D eigenvalue weighted by Gasteiger charge is -2.06. The minimum atomic E-state index is -0.134. The molecule has 94 valence electrons. The monoisotopic (exact) mass is 245 g/mol. The molecule has 0 aliphatic heterocycles. The van der Waals surface area contributed by atoms with E-state index in [2.05, 4.69) is 15.6 Å². The van der Waals surface area contributed by atoms with Crippen LogP contribution in [0.3, 0.4) is 0 Å². The van der Waals surface area contributed by atoms with Gasteiger partial charge in [-0.3, -0.25) is 9.59 Å². The number of amides is 2. The summed E-state index contributed by atoms with van der Waals surface area (Å²) < 4.78 is 0. The fraction of sp³-hybridized carbons (Fsp3) is 0.231. The van der Waals surface area contributed by atoms with E-state index < -0.39 is 0 Å². The molecule has 5 heteroatoms. The molecule has 1 aromatic carbocycles. The highest BCUT2D eigenvalue weighted by atomic mass is 16.2. The summed E-state index contributed by atoms with van der Waals surface area (Å²) in [5.74, 6) is -0.234. The maximum absolute atomic E-state index is 12.0. The van der Waals surface area contributed by atoms with Crippen molar-refractivity contribution in [1.29, 1.82) is 0 Å². The predicted octanol–water partition coefficient (Wildman–Crippen LogP) is 1.03. The molecule has 18 heavy (non-hydrogen) atoms. The van der Waals surface area contributed by atoms with Gasteiger partial charge in [0.05, 0.1) is 0 Å². The third-order valence-electron chi connectivity index (χ3n) is 2.62. The Kier molecular flexibility index (Phi) is 3.62. The fourth-order valence-corrected chi connectivity index (χ4v) is 1.79. The number of rotatable bonds is 4. The van der Waals surface area contributed by atoms with Gasteiger partial charge in [-0.15, -0.1) is 0 Å². The van der Waals surface area contributed by atoms with Crippen molar-refractivity contribution in [2.75, 3.05) is 13.1 Å². The number of hydrogen-bond acceptors (Lipinski definition) is 2. The van der Waals surface area contributed by atoms with Crippen molar-refractivity contribution in [3.63, 3.8) is 0 Å². The molecule has 2 aromatic rings. The van der Waals surface area contributed by atoms with E-state index in [-0.39, 0.29) is 11.8 Å². The molecule has 2 rings (SSSR count). The van der Waals surface area contributed by atoms with Gasteiger partial charge in [0.2, 0.25) is 5.91 Å². The molecule has 0 fully saturated rings. The molecule has 0 saturated carbocycles. The summed E-state index contributed by atoms with van der Waals surface area (Å²) in [5.41, 5.74) is 1.57. The molecule has 0 saturated heterocycles. The van der Waals surface area contributed by atoms with Crippen LogP contribution in [-0.4, -0.2) is 29.9 Å². The van der Waals surface area contributed by atoms with E-state index in [1.807, 2.05) is 18.2 Å². The molecule has 1 aromatic heterocycles. The van der Waals surface area contributed by atoms with Gasteiger partial charge in [-0.2, -0.15) is 0 Å². The highest BCUT2D eigenvalue weighted by Crippen LogP contribution is 2.16. The smallest absolute Gasteiger partial charge is 0.252 e. The largest absolute Gasteiger partial charge is 0.361 e. The maximum Gasteiger partial charge on any atom is 0.252 e. The van der Waals surface area contributed by atoms with Gasteiger partial charge in [-0.05, 0) is 18.2 Å². The number of nitrogens with one attached hydrogen (secondary N) is 3. The summed E-state index contributed by atoms with van der Waals surface area (Å²) in [7, 11) is 0. The van der Waals surface area contributed by atoms with Crippen molar-refractivity contribution in [3.05, 3.63) is 36.0 Å². The lowest BCUT2D eigenvalue weighted by molar-refractivity contribution is -0.118. The minimum absolute atomic E-state index is 0.100. The standard InChI is InChI=1S/C13H15N3O2/c1-9(17)14-7-8-16-13(18)11-3-2-4-12-10(11)5-6-15-12/h2-6,15H,7-8H2,1H3,(H,14,17)(H,16,18). The van der Waals surface area contributed by atoms with Crippen LogP contribution in [0.15, 0.2) is 30.5 Å². The number of H-pyrrole nitrogens is 1. The van der Waals surface area contributed by atoms with Crippen LogP contribution in [0.25, 0.3) is 10.9 Å². The lowest BCUT2D eigenvalue weighted by atomic mass is 10.1. The SMILES string of the molecule is CC(=O)NCCNC(=O)c1cccc2[nH]ccc12. The van der Waals surface area contributed by atoms with Crippen LogP contribution in [0.5, 0.6) is 0 Å². The second-order valence-corrected chi connectivity index (χ2v) is 3.98. The molecule has 5 nitrogen and oxygen atoms in total. The molecular formula is C13H15N3O2. The molecule has 1 heterocycles. The zero-order valence-electron chi connectivity index (χ0n) is 10.1. The lowest BCUT2D eigenvalue weighted by Crippen LogP contribution is -2.33. The molecule has 0 radical (unpaired) electrons. The quantitative estimate of drug-likeness (QED) is 0.704. The predicted molar refractivity (Wildman–Crippen MR) is 69.3 cm³/mol. The normalized spacial score (nSPS) is 10.3. The van der Waals surface area contributed by atoms with E-state index in [0.717, 1.165) is 10.9 Å². The van der Waals surface area contributed by atoms with Crippen LogP contribution >= 0.6 is 0 Å². The Morgan fingerprint density at radius 1 is 1.17 bits per heavy atom. The maximum atomic E-state index is 12.0. The Balaban J connectivity index is 2.00. The van der Waals surface area contributed by atoms with Crippen LogP contribution in [0.4, 0.5) is 0 Å². The van der Waals surface area contributed by atoms with Crippen molar-refractivity contribution in [3.8, 4) is 0 Å². The Morgan fingerprint density at radius 2 is 1.94 bits per heavy atom. The molecule has 0 bridgehead atoms. The summed E-state index contributed by atoms with van der Waals surface area (Å²) >= 11 is 0. The fourth-order valence-electron chi connectivity index (χ4n) is 1.79. The van der Waals surface area contributed by atoms with Crippen molar-refractivity contribution in [2.24, 2.45) is 0 Å². The zero-order chi connectivity index (χ0) is 13.0. The minimum Gasteiger partial charge on any atom is -0.361 e. The summed E-state index contributed by atoms with van der Waals surface area (Å²) in [4.78, 5) is 25.7. The summed E-state index contributed by atoms with van der Waals surface area (Å²) in [5, 5.41) is 6.29. The third-order valence-corrected chi connectivity index (χ3v) is 2.62. The molecule has 0 atom stereocenters. The number of carbonyl (C=O) groups excluding carboxylic acids is 2. The van der Waals surface area contributed by atoms with Crippen LogP contribution in [0.1, 0.15) is 17.3 Å². The molecular weight excluding hydrogens is 230 g/mol. The van der Waals surface area contributed by atoms with Crippen LogP contribution in [-0.2, 0) is 4.79 Å². The Morgan fingerprint density at radius 3 is 2.72 bits per heavy atom. The van der Waals surface area contributed by atoms with E-state index in [1.165, 1.54) is 6.92 Å². The number of hydrogen-bond donors (Lipinski definition) is 3. The van der Waals surface area contributed by atoms with Crippen molar-refractivity contribution < 1.29 is 9.59 Å². The van der Waals surface area contributed by atoms with Gasteiger partial charge in [-0.25, -0.2) is 0 Å². The topological polar surface area (TPSA) is 74.0 Å². The van der Waals surface area contributed by atoms with Crippen LogP contribution < -0.4 is 10.6 Å². The second kappa shape index (κ2) is 5.35. The van der Waals surface area contributed by atoms with Gasteiger partial charge in [0, 0.05) is 42.7 Å². The number of fused-ring (bicyclic) bond motifs is 1. The Labute approximate surface area is 105 Å². The number of aromatic nitrogens is 1. The van der Waals surface area contributed by atoms with Gasteiger partial charge >= 0.3 is 0 Å². The Bertz CT molecular complexity index is 574. The molecule has 0 aliphatic carbocycles. The number of aromatic amines is 1. The summed E-state index contributed by atoms with van der Waals surface area (Å²) in [6.07, 6.45) is 1.80. The van der Waals surface area contributed by atoms with Gasteiger partial charge < -0.3 is 15.6 Å². The van der Waals surface area contributed by atoms with Gasteiger partial charge in [0.25, 0.3) is 5.91 Å². The van der Waals surface area contributed by atoms with Crippen LogP contribution in [0, 0.1) is 0 Å². The molecule has 0 spiro atoms. The third kappa shape index (κ3) is 2.68. The van der Waals surface area contributed by atoms with Gasteiger partial charge in [0.15, 0.2) is 0 Å². The summed E-state index contributed by atoms with van der Waals surface area (Å²) in [6, 6.07) is 7.41. The average Bonchev–Trinajstić information content (AvgIpc) is 2.82. The molecule has 0 aliphatic rings. The van der Waals surface area contributed by atoms with Crippen molar-refractivity contribution >= 4 is 22.7 Å². The zero-order valence-corrected chi connectivity index (χ0v) is 10.1. The highest BCUT2D eigenvalue weighted by molar-refractivity contribution is 6.06. The summed E-state index contributed by atoms with van der Waals surface area (Å²) in [6.45, 7) is 2.30. The Hall–Kier alpha value is -2.30. The molecule has 0 unspecified atom stereocenters. The first-order valence-electron chi connectivity index (χ1n) is 5.77. The van der Waals surface area contributed by atoms with E-state index in [9.17, 15) is 9.59 Å². The van der Waals surface area contributed by atoms with E-state index in [4.69, 9.17) is 0 Å². The first-order valence-corrected chi connectivity index (χ1v) is 5.77. The number of benzene rings is 1. The first kappa shape index (κ1) is 12.2. The van der Waals surface area contributed by atoms with Gasteiger partial charge in [-0.1, -0.05) is 6.07 Å². The highest BCUT2D eigenvalue weighted by Gasteiger charge is 2.09. The molecule has 2 amide bonds. The average molecular weight is 245 g/mol. The number of carbonyl (C=O) groups is 2. The second-order valence-electron chi connectivity index (χ2n) is 3.98. The van der Waals surface area contributed by atoms with Crippen molar-refractivity contribution in [1.82, 2.24) is 15.6 Å². The van der Waals surface area contributed by atoms with E-state index in [1.54, 1.807) is 12.3 Å². The van der Waals surface area contributed by atoms with Crippen molar-refractivity contribution in [2.45, 2.75) is 6.92 Å². The molecule has 3 N–H and O–H groups in total. The van der Waals surface area contributed by atoms with E-state index >= 15 is 0 Å². The van der Waals surface area contributed by atoms with Gasteiger partial charge in [0.1, 0.15) is 0 Å². The first-order chi connectivity index (χ1) is 8.68. The van der Waals surface area contributed by atoms with E-state index in [0.29, 0.717) is 18.7 Å². The van der Waals surface area contributed by atoms with Crippen LogP contribution in [0.2, 0.25) is 0 Å².